The van der Waals surface area contributed by atoms with E-state index in [-0.39, 0.29) is 0 Å². The number of furan rings is 1. The Morgan fingerprint density at radius 2 is 1.95 bits per heavy atom. The van der Waals surface area contributed by atoms with Crippen molar-refractivity contribution >= 4 is 38.7 Å². The Kier molecular flexibility index (Phi) is 3.81. The van der Waals surface area contributed by atoms with Crippen LogP contribution in [0.4, 0.5) is 0 Å². The van der Waals surface area contributed by atoms with Crippen LogP contribution in [0.15, 0.2) is 57.4 Å². The van der Waals surface area contributed by atoms with Crippen molar-refractivity contribution in [1.29, 1.82) is 5.26 Å². The van der Waals surface area contributed by atoms with Gasteiger partial charge in [-0.15, -0.1) is 0 Å². The third kappa shape index (κ3) is 2.47. The lowest BCUT2D eigenvalue weighted by Gasteiger charge is -2.01. The first kappa shape index (κ1) is 13.3. The summed E-state index contributed by atoms with van der Waals surface area (Å²) >= 11 is 4.69. The van der Waals surface area contributed by atoms with Crippen molar-refractivity contribution in [3.8, 4) is 16.5 Å². The molecule has 20 heavy (non-hydrogen) atoms. The molecule has 0 fully saturated rings. The van der Waals surface area contributed by atoms with E-state index in [9.17, 15) is 0 Å². The molecule has 0 saturated heterocycles. The van der Waals surface area contributed by atoms with E-state index in [0.29, 0.717) is 5.75 Å². The molecule has 0 bridgehead atoms. The van der Waals surface area contributed by atoms with E-state index in [4.69, 9.17) is 9.68 Å². The number of nitrogens with zero attached hydrogens (tertiary/aromatic N) is 1. The van der Waals surface area contributed by atoms with Gasteiger partial charge in [-0.2, -0.15) is 5.26 Å². The summed E-state index contributed by atoms with van der Waals surface area (Å²) in [4.78, 5) is 0. The molecule has 0 amide bonds. The number of benzene rings is 2. The Morgan fingerprint density at radius 3 is 2.70 bits per heavy atom. The fraction of sp³-hybridized carbons (Fsp3) is 0.0625. The first-order valence-electron chi connectivity index (χ1n) is 6.07. The van der Waals surface area contributed by atoms with Crippen LogP contribution in [-0.2, 0) is 5.75 Å². The van der Waals surface area contributed by atoms with E-state index in [1.54, 1.807) is 0 Å². The van der Waals surface area contributed by atoms with Crippen molar-refractivity contribution in [3.05, 3.63) is 58.8 Å². The summed E-state index contributed by atoms with van der Waals surface area (Å²) in [6.07, 6.45) is 0. The summed E-state index contributed by atoms with van der Waals surface area (Å²) in [5.74, 6) is 1.39. The molecule has 0 spiro atoms. The van der Waals surface area contributed by atoms with Gasteiger partial charge in [0, 0.05) is 15.4 Å². The highest BCUT2D eigenvalue weighted by molar-refractivity contribution is 9.10. The Balaban J connectivity index is 2.25. The first-order valence-corrected chi connectivity index (χ1v) is 7.84. The molecule has 0 aliphatic rings. The minimum atomic E-state index is 0.549. The number of nitriles is 1. The highest BCUT2D eigenvalue weighted by Gasteiger charge is 2.16. The highest BCUT2D eigenvalue weighted by atomic mass is 79.9. The Labute approximate surface area is 129 Å². The van der Waals surface area contributed by atoms with Crippen molar-refractivity contribution in [2.45, 2.75) is 5.75 Å². The standard InChI is InChI=1S/C16H10BrNOS/c17-12-6-7-14-13(8-12)16(11-4-2-1-3-5-11)15(19-14)9-20-10-18/h1-8H,9H2. The van der Waals surface area contributed by atoms with Crippen molar-refractivity contribution in [2.24, 2.45) is 0 Å². The number of thioether (sulfide) groups is 1. The number of halogens is 1. The molecule has 0 unspecified atom stereocenters. The molecule has 0 saturated carbocycles. The lowest BCUT2D eigenvalue weighted by molar-refractivity contribution is 0.576. The second kappa shape index (κ2) is 5.74. The van der Waals surface area contributed by atoms with Crippen LogP contribution >= 0.6 is 27.7 Å². The SMILES string of the molecule is N#CSCc1oc2ccc(Br)cc2c1-c1ccccc1. The van der Waals surface area contributed by atoms with E-state index in [0.717, 1.165) is 32.3 Å². The third-order valence-corrected chi connectivity index (χ3v) is 4.08. The van der Waals surface area contributed by atoms with Gasteiger partial charge < -0.3 is 4.42 Å². The maximum atomic E-state index is 8.77. The molecule has 3 aromatic rings. The van der Waals surface area contributed by atoms with E-state index >= 15 is 0 Å². The predicted molar refractivity (Wildman–Crippen MR) is 86.3 cm³/mol. The lowest BCUT2D eigenvalue weighted by Crippen LogP contribution is -1.82. The Morgan fingerprint density at radius 1 is 1.15 bits per heavy atom. The zero-order valence-electron chi connectivity index (χ0n) is 10.5. The number of hydrogen-bond donors (Lipinski definition) is 0. The summed E-state index contributed by atoms with van der Waals surface area (Å²) < 4.78 is 6.93. The lowest BCUT2D eigenvalue weighted by atomic mass is 10.0. The monoisotopic (exact) mass is 343 g/mol. The van der Waals surface area contributed by atoms with Crippen LogP contribution in [0.1, 0.15) is 5.76 Å². The zero-order chi connectivity index (χ0) is 13.9. The molecule has 0 radical (unpaired) electrons. The Bertz CT molecular complexity index is 789. The molecule has 4 heteroatoms. The largest absolute Gasteiger partial charge is 0.459 e. The van der Waals surface area contributed by atoms with E-state index in [1.165, 1.54) is 11.8 Å². The van der Waals surface area contributed by atoms with Gasteiger partial charge in [0.15, 0.2) is 0 Å². The van der Waals surface area contributed by atoms with Gasteiger partial charge in [0.1, 0.15) is 16.7 Å². The molecule has 2 nitrogen and oxygen atoms in total. The molecule has 1 aromatic heterocycles. The van der Waals surface area contributed by atoms with Gasteiger partial charge in [0.05, 0.1) is 5.75 Å². The van der Waals surface area contributed by atoms with Crippen LogP contribution in [0, 0.1) is 10.7 Å². The maximum Gasteiger partial charge on any atom is 0.135 e. The minimum absolute atomic E-state index is 0.549. The molecule has 0 aliphatic heterocycles. The van der Waals surface area contributed by atoms with Crippen LogP contribution in [0.2, 0.25) is 0 Å². The zero-order valence-corrected chi connectivity index (χ0v) is 12.9. The van der Waals surface area contributed by atoms with Crippen molar-refractivity contribution in [1.82, 2.24) is 0 Å². The molecule has 0 aliphatic carbocycles. The van der Waals surface area contributed by atoms with Gasteiger partial charge in [-0.1, -0.05) is 46.3 Å². The van der Waals surface area contributed by atoms with Crippen molar-refractivity contribution in [3.63, 3.8) is 0 Å². The highest BCUT2D eigenvalue weighted by Crippen LogP contribution is 2.37. The third-order valence-electron chi connectivity index (χ3n) is 3.05. The van der Waals surface area contributed by atoms with Gasteiger partial charge in [0.25, 0.3) is 0 Å². The normalized spacial score (nSPS) is 10.6. The van der Waals surface area contributed by atoms with E-state index in [2.05, 4.69) is 39.5 Å². The molecule has 3 rings (SSSR count). The summed E-state index contributed by atoms with van der Waals surface area (Å²) in [5.41, 5.74) is 3.03. The van der Waals surface area contributed by atoms with Crippen LogP contribution in [-0.4, -0.2) is 0 Å². The van der Waals surface area contributed by atoms with Gasteiger partial charge in [-0.05, 0) is 35.5 Å². The number of fused-ring (bicyclic) bond motifs is 1. The predicted octanol–water partition coefficient (Wildman–Crippen LogP) is 5.58. The van der Waals surface area contributed by atoms with Gasteiger partial charge in [-0.25, -0.2) is 0 Å². The summed E-state index contributed by atoms with van der Waals surface area (Å²) in [5, 5.41) is 11.9. The van der Waals surface area contributed by atoms with Crippen LogP contribution in [0.3, 0.4) is 0 Å². The van der Waals surface area contributed by atoms with Gasteiger partial charge in [-0.3, -0.25) is 0 Å². The average molecular weight is 344 g/mol. The molecule has 98 valence electrons. The minimum Gasteiger partial charge on any atom is -0.459 e. The fourth-order valence-electron chi connectivity index (χ4n) is 2.24. The van der Waals surface area contributed by atoms with Crippen molar-refractivity contribution in [2.75, 3.05) is 0 Å². The smallest absolute Gasteiger partial charge is 0.135 e. The Hall–Kier alpha value is -1.70. The second-order valence-corrected chi connectivity index (χ2v) is 5.96. The molecule has 0 N–H and O–H groups in total. The average Bonchev–Trinajstić information content (AvgIpc) is 2.83. The van der Waals surface area contributed by atoms with Crippen LogP contribution in [0.25, 0.3) is 22.1 Å². The van der Waals surface area contributed by atoms with Crippen LogP contribution in [0.5, 0.6) is 0 Å². The summed E-state index contributed by atoms with van der Waals surface area (Å²) in [7, 11) is 0. The summed E-state index contributed by atoms with van der Waals surface area (Å²) in [6, 6.07) is 16.1. The van der Waals surface area contributed by atoms with E-state index in [1.807, 2.05) is 30.3 Å². The van der Waals surface area contributed by atoms with Gasteiger partial charge in [0.2, 0.25) is 0 Å². The van der Waals surface area contributed by atoms with E-state index < -0.39 is 0 Å². The summed E-state index contributed by atoms with van der Waals surface area (Å²) in [6.45, 7) is 0. The second-order valence-electron chi connectivity index (χ2n) is 4.29. The number of rotatable bonds is 3. The van der Waals surface area contributed by atoms with Gasteiger partial charge >= 0.3 is 0 Å². The molecular weight excluding hydrogens is 334 g/mol. The quantitative estimate of drug-likeness (QED) is 0.582. The fourth-order valence-corrected chi connectivity index (χ4v) is 3.00. The molecule has 2 aromatic carbocycles. The maximum absolute atomic E-state index is 8.77. The van der Waals surface area contributed by atoms with Crippen LogP contribution < -0.4 is 0 Å². The van der Waals surface area contributed by atoms with Crippen molar-refractivity contribution < 1.29 is 4.42 Å². The molecule has 1 heterocycles. The topological polar surface area (TPSA) is 36.9 Å². The number of thiocyanates is 1. The first-order chi connectivity index (χ1) is 9.79. The molecular formula is C16H10BrNOS. The number of hydrogen-bond acceptors (Lipinski definition) is 3. The molecule has 0 atom stereocenters.